The lowest BCUT2D eigenvalue weighted by Crippen LogP contribution is -2.44. The normalized spacial score (nSPS) is 17.4. The van der Waals surface area contributed by atoms with Crippen LogP contribution in [0.3, 0.4) is 0 Å². The van der Waals surface area contributed by atoms with Crippen LogP contribution >= 0.6 is 0 Å². The van der Waals surface area contributed by atoms with E-state index in [-0.39, 0.29) is 16.4 Å². The molecule has 1 aromatic heterocycles. The van der Waals surface area contributed by atoms with Crippen molar-refractivity contribution in [1.82, 2.24) is 10.3 Å². The first-order valence-corrected chi connectivity index (χ1v) is 8.99. The molecule has 3 N–H and O–H groups in total. The highest BCUT2D eigenvalue weighted by Crippen LogP contribution is 2.28. The summed E-state index contributed by atoms with van der Waals surface area (Å²) in [6, 6.07) is 14.9. The van der Waals surface area contributed by atoms with Crippen molar-refractivity contribution in [2.75, 3.05) is 23.7 Å². The molecule has 4 heteroatoms. The molecule has 4 nitrogen and oxygen atoms in total. The summed E-state index contributed by atoms with van der Waals surface area (Å²) in [5, 5.41) is 10.8. The van der Waals surface area contributed by atoms with E-state index in [0.29, 0.717) is 0 Å². The Kier molecular flexibility index (Phi) is 6.23. The Hall–Kier alpha value is -2.85. The third-order valence-corrected chi connectivity index (χ3v) is 4.58. The standard InChI is InChI=1S/C22H26N4.3H2/c1-3-9-17(4-2)13-15-23-21(18-10-6-5-7-11-18)20-16-25-19-12-8-14-24-22(19)26-20;;;/h3-12,14,20-21,23,25H,1-2,13,15-16H2,(H,24,26);3*1H/b17-9+;;;/t20-,21-;;;/m1.../s1. The molecule has 2 atom stereocenters. The Morgan fingerprint density at radius 1 is 1.27 bits per heavy atom. The molecule has 1 aliphatic heterocycles. The first-order chi connectivity index (χ1) is 12.8. The zero-order chi connectivity index (χ0) is 18.2. The summed E-state index contributed by atoms with van der Waals surface area (Å²) in [6.45, 7) is 9.34. The van der Waals surface area contributed by atoms with Crippen LogP contribution in [0.1, 0.15) is 22.3 Å². The average molecular weight is 353 g/mol. The lowest BCUT2D eigenvalue weighted by atomic mass is 9.97. The average Bonchev–Trinajstić information content (AvgIpc) is 2.70. The maximum atomic E-state index is 4.46. The van der Waals surface area contributed by atoms with Crippen LogP contribution < -0.4 is 16.0 Å². The Bertz CT molecular complexity index is 781. The number of nitrogens with one attached hydrogen (secondary N) is 3. The molecule has 2 heterocycles. The molecule has 0 unspecified atom stereocenters. The molecule has 0 spiro atoms. The minimum absolute atomic E-state index is 0. The molecule has 3 rings (SSSR count). The number of rotatable bonds is 8. The van der Waals surface area contributed by atoms with E-state index in [1.54, 1.807) is 6.08 Å². The number of benzene rings is 1. The second kappa shape index (κ2) is 9.02. The number of nitrogens with zero attached hydrogens (tertiary/aromatic N) is 1. The highest BCUT2D eigenvalue weighted by atomic mass is 15.2. The number of allylic oxidation sites excluding steroid dienone is 3. The minimum Gasteiger partial charge on any atom is -0.380 e. The Labute approximate surface area is 160 Å². The van der Waals surface area contributed by atoms with Gasteiger partial charge >= 0.3 is 0 Å². The number of pyridine rings is 1. The molecule has 2 aromatic rings. The number of fused-ring (bicyclic) bond motifs is 1. The first-order valence-electron chi connectivity index (χ1n) is 8.99. The number of anilines is 2. The molecule has 140 valence electrons. The van der Waals surface area contributed by atoms with Crippen LogP contribution in [-0.2, 0) is 0 Å². The third kappa shape index (κ3) is 4.41. The van der Waals surface area contributed by atoms with Crippen LogP contribution in [0.25, 0.3) is 0 Å². The first kappa shape index (κ1) is 18.0. The van der Waals surface area contributed by atoms with E-state index in [1.807, 2.05) is 36.5 Å². The van der Waals surface area contributed by atoms with E-state index in [1.165, 1.54) is 11.1 Å². The molecular weight excluding hydrogens is 320 g/mol. The molecule has 1 aromatic carbocycles. The van der Waals surface area contributed by atoms with Crippen LogP contribution in [-0.4, -0.2) is 24.1 Å². The van der Waals surface area contributed by atoms with Crippen LogP contribution in [0.15, 0.2) is 85.6 Å². The van der Waals surface area contributed by atoms with E-state index in [9.17, 15) is 0 Å². The van der Waals surface area contributed by atoms with Gasteiger partial charge in [-0.1, -0.05) is 61.7 Å². The van der Waals surface area contributed by atoms with Gasteiger partial charge in [0.2, 0.25) is 0 Å². The molecule has 0 saturated carbocycles. The topological polar surface area (TPSA) is 49.0 Å². The summed E-state index contributed by atoms with van der Waals surface area (Å²) < 4.78 is 0. The van der Waals surface area contributed by atoms with Crippen LogP contribution in [0.5, 0.6) is 0 Å². The van der Waals surface area contributed by atoms with Gasteiger partial charge in [0.15, 0.2) is 0 Å². The zero-order valence-corrected chi connectivity index (χ0v) is 15.0. The maximum absolute atomic E-state index is 4.46. The SMILES string of the molecule is C=C/C=C(\C=C)CCN[C@H](c1ccccc1)[C@H]1CNc2cccnc2N1.[HH].[HH].[HH]. The van der Waals surface area contributed by atoms with Gasteiger partial charge in [-0.15, -0.1) is 0 Å². The van der Waals surface area contributed by atoms with Gasteiger partial charge in [0.05, 0.1) is 17.8 Å². The number of aromatic nitrogens is 1. The van der Waals surface area contributed by atoms with E-state index in [2.05, 4.69) is 58.4 Å². The highest BCUT2D eigenvalue weighted by Gasteiger charge is 2.26. The van der Waals surface area contributed by atoms with Crippen molar-refractivity contribution in [3.8, 4) is 0 Å². The summed E-state index contributed by atoms with van der Waals surface area (Å²) in [4.78, 5) is 4.46. The molecule has 0 aliphatic carbocycles. The van der Waals surface area contributed by atoms with E-state index in [0.717, 1.165) is 31.0 Å². The molecule has 26 heavy (non-hydrogen) atoms. The fourth-order valence-electron chi connectivity index (χ4n) is 3.24. The predicted molar refractivity (Wildman–Crippen MR) is 117 cm³/mol. The van der Waals surface area contributed by atoms with Gasteiger partial charge in [0.1, 0.15) is 5.82 Å². The Balaban J connectivity index is 0.00000261. The van der Waals surface area contributed by atoms with Crippen molar-refractivity contribution < 1.29 is 4.28 Å². The molecule has 0 fully saturated rings. The van der Waals surface area contributed by atoms with E-state index in [4.69, 9.17) is 0 Å². The Morgan fingerprint density at radius 3 is 2.88 bits per heavy atom. The lowest BCUT2D eigenvalue weighted by molar-refractivity contribution is 0.472. The van der Waals surface area contributed by atoms with Gasteiger partial charge in [0, 0.05) is 17.0 Å². The quantitative estimate of drug-likeness (QED) is 0.582. The summed E-state index contributed by atoms with van der Waals surface area (Å²) in [6.07, 6.45) is 8.43. The van der Waals surface area contributed by atoms with Gasteiger partial charge in [-0.25, -0.2) is 4.98 Å². The van der Waals surface area contributed by atoms with Crippen molar-refractivity contribution in [1.29, 1.82) is 0 Å². The van der Waals surface area contributed by atoms with Crippen LogP contribution in [0, 0.1) is 0 Å². The van der Waals surface area contributed by atoms with Gasteiger partial charge in [0.25, 0.3) is 0 Å². The van der Waals surface area contributed by atoms with Crippen molar-refractivity contribution in [3.63, 3.8) is 0 Å². The smallest absolute Gasteiger partial charge is 0.149 e. The van der Waals surface area contributed by atoms with Gasteiger partial charge in [-0.3, -0.25) is 0 Å². The van der Waals surface area contributed by atoms with Crippen LogP contribution in [0.4, 0.5) is 11.5 Å². The monoisotopic (exact) mass is 352 g/mol. The van der Waals surface area contributed by atoms with Crippen molar-refractivity contribution >= 4 is 11.5 Å². The fraction of sp³-hybridized carbons (Fsp3) is 0.227. The molecule has 0 saturated heterocycles. The summed E-state index contributed by atoms with van der Waals surface area (Å²) in [5.41, 5.74) is 3.50. The minimum atomic E-state index is 0. The van der Waals surface area contributed by atoms with Gasteiger partial charge in [-0.2, -0.15) is 0 Å². The number of hydrogen-bond donors (Lipinski definition) is 3. The predicted octanol–water partition coefficient (Wildman–Crippen LogP) is 5.05. The largest absolute Gasteiger partial charge is 0.380 e. The van der Waals surface area contributed by atoms with Crippen molar-refractivity contribution in [2.45, 2.75) is 18.5 Å². The lowest BCUT2D eigenvalue weighted by Gasteiger charge is -2.34. The maximum Gasteiger partial charge on any atom is 0.149 e. The second-order valence-electron chi connectivity index (χ2n) is 6.31. The number of hydrogen-bond acceptors (Lipinski definition) is 4. The van der Waals surface area contributed by atoms with Crippen LogP contribution in [0.2, 0.25) is 0 Å². The zero-order valence-electron chi connectivity index (χ0n) is 15.0. The van der Waals surface area contributed by atoms with Gasteiger partial charge in [-0.05, 0) is 36.2 Å². The molecule has 0 amide bonds. The Morgan fingerprint density at radius 2 is 2.12 bits per heavy atom. The summed E-state index contributed by atoms with van der Waals surface area (Å²) >= 11 is 0. The summed E-state index contributed by atoms with van der Waals surface area (Å²) in [5.74, 6) is 0.907. The molecule has 0 bridgehead atoms. The van der Waals surface area contributed by atoms with Crippen molar-refractivity contribution in [2.24, 2.45) is 0 Å². The van der Waals surface area contributed by atoms with Crippen molar-refractivity contribution in [3.05, 3.63) is 91.2 Å². The van der Waals surface area contributed by atoms with E-state index >= 15 is 0 Å². The molecule has 0 radical (unpaired) electrons. The molecule has 1 aliphatic rings. The van der Waals surface area contributed by atoms with E-state index < -0.39 is 0 Å². The highest BCUT2D eigenvalue weighted by molar-refractivity contribution is 5.67. The van der Waals surface area contributed by atoms with Gasteiger partial charge < -0.3 is 16.0 Å². The second-order valence-corrected chi connectivity index (χ2v) is 6.31. The molecular formula is C22H32N4. The third-order valence-electron chi connectivity index (χ3n) is 4.58. The fourth-order valence-corrected chi connectivity index (χ4v) is 3.24. The summed E-state index contributed by atoms with van der Waals surface area (Å²) in [7, 11) is 0.